The normalized spacial score (nSPS) is 11.3. The first-order valence-electron chi connectivity index (χ1n) is 17.6. The molecule has 0 saturated carbocycles. The number of hydrogen-bond donors (Lipinski definition) is 0. The molecule has 0 radical (unpaired) electrons. The molecule has 0 aliphatic rings. The van der Waals surface area contributed by atoms with Crippen molar-refractivity contribution >= 4 is 21.5 Å². The van der Waals surface area contributed by atoms with E-state index < -0.39 is 0 Å². The van der Waals surface area contributed by atoms with E-state index in [1.807, 2.05) is 74.5 Å². The molecule has 0 bridgehead atoms. The summed E-state index contributed by atoms with van der Waals surface area (Å²) in [6, 6.07) is 59.7. The Balaban J connectivity index is 1.28. The number of aromatic nitrogens is 4. The third kappa shape index (κ3) is 6.01. The molecule has 0 spiro atoms. The van der Waals surface area contributed by atoms with E-state index in [0.29, 0.717) is 17.5 Å². The maximum atomic E-state index is 5.12. The number of benzene rings is 7. The lowest BCUT2D eigenvalue weighted by molar-refractivity contribution is 1.07. The first-order chi connectivity index (χ1) is 25.6. The molecule has 4 heteroatoms. The summed E-state index contributed by atoms with van der Waals surface area (Å²) in [5.74, 6) is 1.90. The van der Waals surface area contributed by atoms with Crippen LogP contribution < -0.4 is 0 Å². The molecule has 9 aromatic rings. The summed E-state index contributed by atoms with van der Waals surface area (Å²) in [6.45, 7) is 4.09. The van der Waals surface area contributed by atoms with Crippen molar-refractivity contribution in [3.63, 3.8) is 0 Å². The number of nitrogens with zero attached hydrogens (tertiary/aromatic N) is 4. The van der Waals surface area contributed by atoms with Crippen LogP contribution in [-0.2, 0) is 0 Å². The van der Waals surface area contributed by atoms with Gasteiger partial charge in [0.15, 0.2) is 17.5 Å². The Morgan fingerprint density at radius 1 is 0.288 bits per heavy atom. The Kier molecular flexibility index (Phi) is 7.90. The van der Waals surface area contributed by atoms with E-state index in [9.17, 15) is 0 Å². The molecule has 0 atom stereocenters. The second-order valence-electron chi connectivity index (χ2n) is 13.2. The highest BCUT2D eigenvalue weighted by Crippen LogP contribution is 2.39. The van der Waals surface area contributed by atoms with Gasteiger partial charge in [-0.2, -0.15) is 0 Å². The van der Waals surface area contributed by atoms with Crippen molar-refractivity contribution in [1.82, 2.24) is 19.9 Å². The summed E-state index contributed by atoms with van der Waals surface area (Å²) in [5.41, 5.74) is 11.6. The summed E-state index contributed by atoms with van der Waals surface area (Å²) >= 11 is 0. The van der Waals surface area contributed by atoms with Crippen molar-refractivity contribution in [2.45, 2.75) is 13.8 Å². The van der Waals surface area contributed by atoms with E-state index in [1.54, 1.807) is 0 Å². The summed E-state index contributed by atoms with van der Waals surface area (Å²) in [4.78, 5) is 19.8. The lowest BCUT2D eigenvalue weighted by Crippen LogP contribution is -2.00. The van der Waals surface area contributed by atoms with Gasteiger partial charge in [-0.15, -0.1) is 0 Å². The van der Waals surface area contributed by atoms with Gasteiger partial charge in [0.25, 0.3) is 0 Å². The SMILES string of the molecule is Cc1cc(-c2ccc(-c3cc(-c4nc(-c5ccccc5)nc(-c5ccccc5)n4)cc(-c4cc5ccccc5c5ccccc45)c3)cc2)cc(C)n1. The molecule has 0 fully saturated rings. The molecular formula is C48H34N4. The van der Waals surface area contributed by atoms with Crippen LogP contribution in [0.3, 0.4) is 0 Å². The third-order valence-electron chi connectivity index (χ3n) is 9.60. The molecule has 2 aromatic heterocycles. The van der Waals surface area contributed by atoms with Gasteiger partial charge in [0.2, 0.25) is 0 Å². The van der Waals surface area contributed by atoms with Crippen LogP contribution in [0.15, 0.2) is 170 Å². The fourth-order valence-corrected chi connectivity index (χ4v) is 7.17. The maximum absolute atomic E-state index is 5.12. The Morgan fingerprint density at radius 3 is 1.33 bits per heavy atom. The Hall–Kier alpha value is -6.78. The van der Waals surface area contributed by atoms with E-state index in [2.05, 4.69) is 114 Å². The van der Waals surface area contributed by atoms with E-state index in [-0.39, 0.29) is 0 Å². The van der Waals surface area contributed by atoms with Gasteiger partial charge in [-0.3, -0.25) is 4.98 Å². The summed E-state index contributed by atoms with van der Waals surface area (Å²) in [5, 5.41) is 4.88. The number of rotatable bonds is 6. The van der Waals surface area contributed by atoms with Gasteiger partial charge >= 0.3 is 0 Å². The highest BCUT2D eigenvalue weighted by Gasteiger charge is 2.17. The lowest BCUT2D eigenvalue weighted by atomic mass is 9.90. The molecule has 2 heterocycles. The second kappa shape index (κ2) is 13.2. The van der Waals surface area contributed by atoms with Crippen LogP contribution in [0.4, 0.5) is 0 Å². The molecule has 0 unspecified atom stereocenters. The zero-order valence-electron chi connectivity index (χ0n) is 29.0. The standard InChI is InChI=1S/C48H34N4/c1-31-25-38(26-32(2)49-31)33-21-23-34(24-22-33)39-27-40(45-30-37-17-9-10-18-42(37)43-19-11-12-20-44(43)45)29-41(28-39)48-51-46(35-13-5-3-6-14-35)50-47(52-48)36-15-7-4-8-16-36/h3-30H,1-2H3. The van der Waals surface area contributed by atoms with Crippen molar-refractivity contribution < 1.29 is 0 Å². The van der Waals surface area contributed by atoms with Crippen molar-refractivity contribution in [3.05, 3.63) is 181 Å². The van der Waals surface area contributed by atoms with Crippen LogP contribution in [0.5, 0.6) is 0 Å². The smallest absolute Gasteiger partial charge is 0.164 e. The molecule has 0 N–H and O–H groups in total. The monoisotopic (exact) mass is 666 g/mol. The van der Waals surface area contributed by atoms with Crippen LogP contribution in [0.25, 0.3) is 89.1 Å². The molecule has 0 amide bonds. The molecular weight excluding hydrogens is 633 g/mol. The van der Waals surface area contributed by atoms with Crippen LogP contribution in [0.2, 0.25) is 0 Å². The summed E-state index contributed by atoms with van der Waals surface area (Å²) in [6.07, 6.45) is 0. The predicted molar refractivity (Wildman–Crippen MR) is 215 cm³/mol. The zero-order chi connectivity index (χ0) is 35.0. The lowest BCUT2D eigenvalue weighted by Gasteiger charge is -2.15. The Labute approximate surface area is 303 Å². The van der Waals surface area contributed by atoms with E-state index in [4.69, 9.17) is 15.0 Å². The molecule has 52 heavy (non-hydrogen) atoms. The largest absolute Gasteiger partial charge is 0.258 e. The van der Waals surface area contributed by atoms with Crippen molar-refractivity contribution in [3.8, 4) is 67.5 Å². The number of pyridine rings is 1. The van der Waals surface area contributed by atoms with E-state index in [1.165, 1.54) is 27.1 Å². The second-order valence-corrected chi connectivity index (χ2v) is 13.2. The van der Waals surface area contributed by atoms with Crippen molar-refractivity contribution in [1.29, 1.82) is 0 Å². The minimum Gasteiger partial charge on any atom is -0.258 e. The highest BCUT2D eigenvalue weighted by molar-refractivity contribution is 6.14. The topological polar surface area (TPSA) is 51.6 Å². The Morgan fingerprint density at radius 2 is 0.731 bits per heavy atom. The fourth-order valence-electron chi connectivity index (χ4n) is 7.17. The van der Waals surface area contributed by atoms with Crippen LogP contribution in [0, 0.1) is 13.8 Å². The number of aryl methyl sites for hydroxylation is 2. The molecule has 9 rings (SSSR count). The van der Waals surface area contributed by atoms with Gasteiger partial charge in [-0.1, -0.05) is 133 Å². The van der Waals surface area contributed by atoms with Gasteiger partial charge in [0.1, 0.15) is 0 Å². The fraction of sp³-hybridized carbons (Fsp3) is 0.0417. The molecule has 4 nitrogen and oxygen atoms in total. The number of hydrogen-bond acceptors (Lipinski definition) is 4. The van der Waals surface area contributed by atoms with Gasteiger partial charge in [0.05, 0.1) is 0 Å². The average molecular weight is 667 g/mol. The molecule has 7 aromatic carbocycles. The quantitative estimate of drug-likeness (QED) is 0.166. The minimum atomic E-state index is 0.625. The molecule has 0 saturated heterocycles. The van der Waals surface area contributed by atoms with Gasteiger partial charge in [-0.25, -0.2) is 15.0 Å². The first kappa shape index (κ1) is 31.2. The Bertz CT molecular complexity index is 2660. The molecule has 246 valence electrons. The molecule has 0 aliphatic heterocycles. The third-order valence-corrected chi connectivity index (χ3v) is 9.60. The van der Waals surface area contributed by atoms with Crippen molar-refractivity contribution in [2.24, 2.45) is 0 Å². The van der Waals surface area contributed by atoms with Crippen LogP contribution >= 0.6 is 0 Å². The zero-order valence-corrected chi connectivity index (χ0v) is 29.0. The maximum Gasteiger partial charge on any atom is 0.164 e. The van der Waals surface area contributed by atoms with Crippen molar-refractivity contribution in [2.75, 3.05) is 0 Å². The van der Waals surface area contributed by atoms with Crippen LogP contribution in [0.1, 0.15) is 11.4 Å². The van der Waals surface area contributed by atoms with Gasteiger partial charge < -0.3 is 0 Å². The van der Waals surface area contributed by atoms with Crippen LogP contribution in [-0.4, -0.2) is 19.9 Å². The number of fused-ring (bicyclic) bond motifs is 3. The minimum absolute atomic E-state index is 0.625. The van der Waals surface area contributed by atoms with Gasteiger partial charge in [0, 0.05) is 28.1 Å². The highest BCUT2D eigenvalue weighted by atomic mass is 15.0. The van der Waals surface area contributed by atoms with E-state index in [0.717, 1.165) is 55.9 Å². The predicted octanol–water partition coefficient (Wildman–Crippen LogP) is 12.2. The van der Waals surface area contributed by atoms with E-state index >= 15 is 0 Å². The average Bonchev–Trinajstić information content (AvgIpc) is 3.20. The molecule has 0 aliphatic carbocycles. The summed E-state index contributed by atoms with van der Waals surface area (Å²) in [7, 11) is 0. The van der Waals surface area contributed by atoms with Gasteiger partial charge in [-0.05, 0) is 105 Å². The summed E-state index contributed by atoms with van der Waals surface area (Å²) < 4.78 is 0. The first-order valence-corrected chi connectivity index (χ1v) is 17.6.